The van der Waals surface area contributed by atoms with E-state index in [1.165, 1.54) is 0 Å². The SMILES string of the molecule is CC(C)(C)OC(=O)N1CCC(c2cc3ccc(Br)cc3c(=O)[nH]2)C1. The van der Waals surface area contributed by atoms with Crippen molar-refractivity contribution in [2.24, 2.45) is 0 Å². The first-order valence-electron chi connectivity index (χ1n) is 8.03. The number of benzene rings is 1. The topological polar surface area (TPSA) is 62.4 Å². The Hall–Kier alpha value is -1.82. The van der Waals surface area contributed by atoms with E-state index in [9.17, 15) is 9.59 Å². The van der Waals surface area contributed by atoms with E-state index in [1.54, 1.807) is 4.90 Å². The summed E-state index contributed by atoms with van der Waals surface area (Å²) in [5, 5.41) is 1.57. The summed E-state index contributed by atoms with van der Waals surface area (Å²) in [5.41, 5.74) is 0.278. The molecule has 1 amide bonds. The summed E-state index contributed by atoms with van der Waals surface area (Å²) < 4.78 is 6.30. The summed E-state index contributed by atoms with van der Waals surface area (Å²) in [7, 11) is 0. The van der Waals surface area contributed by atoms with Gasteiger partial charge in [0.25, 0.3) is 5.56 Å². The van der Waals surface area contributed by atoms with Crippen molar-refractivity contribution >= 4 is 32.8 Å². The van der Waals surface area contributed by atoms with Crippen LogP contribution >= 0.6 is 15.9 Å². The number of amides is 1. The molecule has 0 spiro atoms. The number of aromatic nitrogens is 1. The quantitative estimate of drug-likeness (QED) is 0.796. The van der Waals surface area contributed by atoms with Gasteiger partial charge < -0.3 is 14.6 Å². The zero-order valence-corrected chi connectivity index (χ0v) is 15.6. The lowest BCUT2D eigenvalue weighted by molar-refractivity contribution is 0.0292. The maximum Gasteiger partial charge on any atom is 0.410 e. The van der Waals surface area contributed by atoms with Crippen molar-refractivity contribution in [3.8, 4) is 0 Å². The van der Waals surface area contributed by atoms with E-state index in [0.717, 1.165) is 22.0 Å². The highest BCUT2D eigenvalue weighted by atomic mass is 79.9. The van der Waals surface area contributed by atoms with Crippen molar-refractivity contribution in [2.45, 2.75) is 38.7 Å². The first kappa shape index (κ1) is 17.0. The highest BCUT2D eigenvalue weighted by Crippen LogP contribution is 2.28. The number of halogens is 1. The summed E-state index contributed by atoms with van der Waals surface area (Å²) in [6, 6.07) is 7.68. The van der Waals surface area contributed by atoms with Crippen LogP contribution in [-0.2, 0) is 4.74 Å². The molecule has 1 aliphatic heterocycles. The fourth-order valence-electron chi connectivity index (χ4n) is 2.98. The average molecular weight is 393 g/mol. The third-order valence-electron chi connectivity index (χ3n) is 4.11. The second-order valence-electron chi connectivity index (χ2n) is 7.20. The number of carbonyl (C=O) groups is 1. The summed E-state index contributed by atoms with van der Waals surface area (Å²) in [6.45, 7) is 6.78. The molecule has 1 aromatic heterocycles. The molecule has 1 atom stereocenters. The van der Waals surface area contributed by atoms with Gasteiger partial charge >= 0.3 is 6.09 Å². The maximum atomic E-state index is 12.3. The molecule has 1 N–H and O–H groups in total. The standard InChI is InChI=1S/C18H21BrN2O3/c1-18(2,3)24-17(23)21-7-6-12(10-21)15-8-11-4-5-13(19)9-14(11)16(22)20-15/h4-5,8-9,12H,6-7,10H2,1-3H3,(H,20,22). The normalized spacial score (nSPS) is 18.2. The zero-order chi connectivity index (χ0) is 17.5. The Bertz CT molecular complexity index is 838. The van der Waals surface area contributed by atoms with E-state index in [0.29, 0.717) is 18.5 Å². The molecule has 1 unspecified atom stereocenters. The summed E-state index contributed by atoms with van der Waals surface area (Å²) in [5.74, 6) is 0.123. The predicted octanol–water partition coefficient (Wildman–Crippen LogP) is 4.02. The fourth-order valence-corrected chi connectivity index (χ4v) is 3.34. The lowest BCUT2D eigenvalue weighted by atomic mass is 10.0. The van der Waals surface area contributed by atoms with Crippen molar-refractivity contribution in [3.05, 3.63) is 44.8 Å². The average Bonchev–Trinajstić information content (AvgIpc) is 2.96. The van der Waals surface area contributed by atoms with Gasteiger partial charge in [-0.25, -0.2) is 4.79 Å². The number of nitrogens with zero attached hydrogens (tertiary/aromatic N) is 1. The lowest BCUT2D eigenvalue weighted by Crippen LogP contribution is -2.35. The number of fused-ring (bicyclic) bond motifs is 1. The van der Waals surface area contributed by atoms with Crippen molar-refractivity contribution in [1.29, 1.82) is 0 Å². The van der Waals surface area contributed by atoms with Crippen LogP contribution in [0.5, 0.6) is 0 Å². The molecular formula is C18H21BrN2O3. The molecule has 1 aliphatic rings. The van der Waals surface area contributed by atoms with Crippen molar-refractivity contribution in [1.82, 2.24) is 9.88 Å². The van der Waals surface area contributed by atoms with Gasteiger partial charge in [0.15, 0.2) is 0 Å². The third-order valence-corrected chi connectivity index (χ3v) is 4.60. The summed E-state index contributed by atoms with van der Waals surface area (Å²) in [6.07, 6.45) is 0.522. The van der Waals surface area contributed by atoms with Crippen molar-refractivity contribution < 1.29 is 9.53 Å². The molecule has 128 valence electrons. The maximum absolute atomic E-state index is 12.3. The van der Waals surface area contributed by atoms with Crippen molar-refractivity contribution in [2.75, 3.05) is 13.1 Å². The van der Waals surface area contributed by atoms with Gasteiger partial charge in [-0.05, 0) is 50.8 Å². The Morgan fingerprint density at radius 1 is 1.33 bits per heavy atom. The minimum atomic E-state index is -0.500. The number of aromatic amines is 1. The van der Waals surface area contributed by atoms with E-state index in [1.807, 2.05) is 45.0 Å². The van der Waals surface area contributed by atoms with Crippen LogP contribution in [0.3, 0.4) is 0 Å². The highest BCUT2D eigenvalue weighted by molar-refractivity contribution is 9.10. The van der Waals surface area contributed by atoms with E-state index >= 15 is 0 Å². The van der Waals surface area contributed by atoms with Crippen LogP contribution in [0.1, 0.15) is 38.8 Å². The first-order valence-corrected chi connectivity index (χ1v) is 8.83. The molecule has 0 radical (unpaired) electrons. The molecule has 1 aromatic carbocycles. The third kappa shape index (κ3) is 3.64. The number of hydrogen-bond acceptors (Lipinski definition) is 3. The number of hydrogen-bond donors (Lipinski definition) is 1. The molecule has 2 heterocycles. The molecular weight excluding hydrogens is 372 g/mol. The van der Waals surface area contributed by atoms with Gasteiger partial charge in [-0.2, -0.15) is 0 Å². The van der Waals surface area contributed by atoms with Gasteiger partial charge in [-0.3, -0.25) is 4.79 Å². The Balaban J connectivity index is 1.81. The van der Waals surface area contributed by atoms with E-state index in [4.69, 9.17) is 4.74 Å². The number of H-pyrrole nitrogens is 1. The Kier molecular flexibility index (Phi) is 4.42. The van der Waals surface area contributed by atoms with E-state index < -0.39 is 5.60 Å². The van der Waals surface area contributed by atoms with E-state index in [2.05, 4.69) is 20.9 Å². The number of likely N-dealkylation sites (tertiary alicyclic amines) is 1. The fraction of sp³-hybridized carbons (Fsp3) is 0.444. The van der Waals surface area contributed by atoms with Crippen LogP contribution in [0.2, 0.25) is 0 Å². The predicted molar refractivity (Wildman–Crippen MR) is 97.4 cm³/mol. The Morgan fingerprint density at radius 2 is 2.08 bits per heavy atom. The number of carbonyl (C=O) groups excluding carboxylic acids is 1. The van der Waals surface area contributed by atoms with Crippen LogP contribution in [0.15, 0.2) is 33.5 Å². The molecule has 1 saturated heterocycles. The van der Waals surface area contributed by atoms with Crippen LogP contribution in [0, 0.1) is 0 Å². The van der Waals surface area contributed by atoms with Crippen LogP contribution in [0.4, 0.5) is 4.79 Å². The monoisotopic (exact) mass is 392 g/mol. The van der Waals surface area contributed by atoms with Crippen LogP contribution in [-0.4, -0.2) is 34.7 Å². The molecule has 6 heteroatoms. The zero-order valence-electron chi connectivity index (χ0n) is 14.1. The van der Waals surface area contributed by atoms with Crippen LogP contribution < -0.4 is 5.56 Å². The molecule has 2 aromatic rings. The second-order valence-corrected chi connectivity index (χ2v) is 8.11. The van der Waals surface area contributed by atoms with Gasteiger partial charge in [0.2, 0.25) is 0 Å². The molecule has 0 saturated carbocycles. The molecule has 0 bridgehead atoms. The van der Waals surface area contributed by atoms with Gasteiger partial charge in [0.1, 0.15) is 5.60 Å². The highest BCUT2D eigenvalue weighted by Gasteiger charge is 2.31. The number of pyridine rings is 1. The van der Waals surface area contributed by atoms with Crippen LogP contribution in [0.25, 0.3) is 10.8 Å². The second kappa shape index (κ2) is 6.24. The van der Waals surface area contributed by atoms with Crippen molar-refractivity contribution in [3.63, 3.8) is 0 Å². The van der Waals surface area contributed by atoms with Gasteiger partial charge in [-0.15, -0.1) is 0 Å². The largest absolute Gasteiger partial charge is 0.444 e. The molecule has 3 rings (SSSR count). The van der Waals surface area contributed by atoms with Gasteiger partial charge in [0, 0.05) is 34.6 Å². The number of rotatable bonds is 1. The Labute approximate surface area is 149 Å². The molecule has 5 nitrogen and oxygen atoms in total. The summed E-state index contributed by atoms with van der Waals surface area (Å²) >= 11 is 3.39. The minimum absolute atomic E-state index is 0.0977. The minimum Gasteiger partial charge on any atom is -0.444 e. The number of ether oxygens (including phenoxy) is 1. The lowest BCUT2D eigenvalue weighted by Gasteiger charge is -2.24. The molecule has 0 aliphatic carbocycles. The molecule has 1 fully saturated rings. The smallest absolute Gasteiger partial charge is 0.410 e. The first-order chi connectivity index (χ1) is 11.2. The van der Waals surface area contributed by atoms with E-state index in [-0.39, 0.29) is 17.6 Å². The van der Waals surface area contributed by atoms with Gasteiger partial charge in [-0.1, -0.05) is 22.0 Å². The van der Waals surface area contributed by atoms with Gasteiger partial charge in [0.05, 0.1) is 0 Å². The number of nitrogens with one attached hydrogen (secondary N) is 1. The Morgan fingerprint density at radius 3 is 2.79 bits per heavy atom. The molecule has 24 heavy (non-hydrogen) atoms. The summed E-state index contributed by atoms with van der Waals surface area (Å²) in [4.78, 5) is 29.2.